The fraction of sp³-hybridized carbons (Fsp3) is 0.364. The molecule has 0 aromatic heterocycles. The van der Waals surface area contributed by atoms with Gasteiger partial charge < -0.3 is 16.0 Å². The molecular formula is C22H29N3O2. The summed E-state index contributed by atoms with van der Waals surface area (Å²) in [5.74, 6) is -0.142. The number of rotatable bonds is 7. The number of hydrogen-bond acceptors (Lipinski definition) is 2. The second-order valence-corrected chi connectivity index (χ2v) is 7.50. The van der Waals surface area contributed by atoms with Gasteiger partial charge in [-0.05, 0) is 35.1 Å². The zero-order valence-electron chi connectivity index (χ0n) is 16.3. The molecule has 3 amide bonds. The van der Waals surface area contributed by atoms with Crippen molar-refractivity contribution in [3.63, 3.8) is 0 Å². The van der Waals surface area contributed by atoms with Crippen LogP contribution in [0.2, 0.25) is 0 Å². The predicted octanol–water partition coefficient (Wildman–Crippen LogP) is 3.26. The van der Waals surface area contributed by atoms with E-state index in [9.17, 15) is 9.59 Å². The molecule has 0 saturated heterocycles. The summed E-state index contributed by atoms with van der Waals surface area (Å²) in [7, 11) is 0. The first-order chi connectivity index (χ1) is 12.9. The van der Waals surface area contributed by atoms with Crippen molar-refractivity contribution < 1.29 is 9.59 Å². The van der Waals surface area contributed by atoms with Gasteiger partial charge in [0.05, 0.1) is 0 Å². The van der Waals surface area contributed by atoms with Crippen LogP contribution in [0.1, 0.15) is 42.3 Å². The highest BCUT2D eigenvalue weighted by Gasteiger charge is 2.12. The molecule has 0 aliphatic heterocycles. The first kappa shape index (κ1) is 20.5. The molecule has 0 saturated carbocycles. The van der Waals surface area contributed by atoms with E-state index >= 15 is 0 Å². The molecule has 2 aromatic carbocycles. The molecule has 0 aliphatic carbocycles. The Morgan fingerprint density at radius 2 is 1.37 bits per heavy atom. The minimum Gasteiger partial charge on any atom is -0.350 e. The third-order valence-corrected chi connectivity index (χ3v) is 4.25. The molecule has 2 rings (SSSR count). The van der Waals surface area contributed by atoms with E-state index in [1.807, 2.05) is 18.2 Å². The summed E-state index contributed by atoms with van der Waals surface area (Å²) < 4.78 is 0. The van der Waals surface area contributed by atoms with Crippen molar-refractivity contribution in [1.82, 2.24) is 16.0 Å². The van der Waals surface area contributed by atoms with E-state index in [0.717, 1.165) is 6.42 Å². The van der Waals surface area contributed by atoms with Crippen molar-refractivity contribution in [2.75, 3.05) is 19.6 Å². The Balaban J connectivity index is 1.60. The van der Waals surface area contributed by atoms with Gasteiger partial charge in [0, 0.05) is 25.2 Å². The van der Waals surface area contributed by atoms with Gasteiger partial charge in [-0.15, -0.1) is 0 Å². The Hall–Kier alpha value is -2.82. The lowest BCUT2D eigenvalue weighted by Crippen LogP contribution is -2.40. The number of hydrogen-bond donors (Lipinski definition) is 3. The van der Waals surface area contributed by atoms with Crippen molar-refractivity contribution in [2.24, 2.45) is 0 Å². The van der Waals surface area contributed by atoms with E-state index in [4.69, 9.17) is 0 Å². The molecule has 27 heavy (non-hydrogen) atoms. The Morgan fingerprint density at radius 3 is 2.00 bits per heavy atom. The zero-order valence-corrected chi connectivity index (χ0v) is 16.3. The van der Waals surface area contributed by atoms with E-state index in [0.29, 0.717) is 25.2 Å². The average Bonchev–Trinajstić information content (AvgIpc) is 2.65. The van der Waals surface area contributed by atoms with Gasteiger partial charge in [-0.25, -0.2) is 4.79 Å². The van der Waals surface area contributed by atoms with Crippen LogP contribution in [0.25, 0.3) is 0 Å². The molecule has 0 radical (unpaired) electrons. The maximum Gasteiger partial charge on any atom is 0.314 e. The fourth-order valence-corrected chi connectivity index (χ4v) is 2.60. The van der Waals surface area contributed by atoms with Gasteiger partial charge in [-0.2, -0.15) is 0 Å². The maximum atomic E-state index is 11.9. The molecule has 0 heterocycles. The van der Waals surface area contributed by atoms with Gasteiger partial charge in [0.15, 0.2) is 0 Å². The Labute approximate surface area is 161 Å². The molecule has 0 bridgehead atoms. The lowest BCUT2D eigenvalue weighted by atomic mass is 9.86. The van der Waals surface area contributed by atoms with Crippen LogP contribution in [0, 0.1) is 0 Å². The summed E-state index contributed by atoms with van der Waals surface area (Å²) in [6.45, 7) is 7.90. The van der Waals surface area contributed by atoms with Crippen LogP contribution in [-0.2, 0) is 11.8 Å². The third-order valence-electron chi connectivity index (χ3n) is 4.25. The SMILES string of the molecule is CC(C)(C)c1ccc(CCNC(=O)NCCNC(=O)c2ccccc2)cc1. The number of amides is 3. The quantitative estimate of drug-likeness (QED) is 0.658. The predicted molar refractivity (Wildman–Crippen MR) is 109 cm³/mol. The lowest BCUT2D eigenvalue weighted by molar-refractivity contribution is 0.0954. The van der Waals surface area contributed by atoms with Crippen LogP contribution in [-0.4, -0.2) is 31.6 Å². The van der Waals surface area contributed by atoms with Gasteiger partial charge in [0.2, 0.25) is 0 Å². The molecule has 0 unspecified atom stereocenters. The number of carbonyl (C=O) groups excluding carboxylic acids is 2. The van der Waals surface area contributed by atoms with Gasteiger partial charge in [0.25, 0.3) is 5.91 Å². The van der Waals surface area contributed by atoms with Crippen LogP contribution < -0.4 is 16.0 Å². The Morgan fingerprint density at radius 1 is 0.778 bits per heavy atom. The van der Waals surface area contributed by atoms with Crippen LogP contribution in [0.5, 0.6) is 0 Å². The largest absolute Gasteiger partial charge is 0.350 e. The topological polar surface area (TPSA) is 70.2 Å². The maximum absolute atomic E-state index is 11.9. The summed E-state index contributed by atoms with van der Waals surface area (Å²) in [6, 6.07) is 17.3. The van der Waals surface area contributed by atoms with Gasteiger partial charge in [-0.1, -0.05) is 63.2 Å². The first-order valence-electron chi connectivity index (χ1n) is 9.30. The molecule has 0 fully saturated rings. The number of benzene rings is 2. The highest BCUT2D eigenvalue weighted by molar-refractivity contribution is 5.94. The minimum atomic E-state index is -0.227. The molecule has 2 aromatic rings. The molecular weight excluding hydrogens is 338 g/mol. The van der Waals surface area contributed by atoms with Gasteiger partial charge in [0.1, 0.15) is 0 Å². The van der Waals surface area contributed by atoms with E-state index in [1.165, 1.54) is 11.1 Å². The molecule has 0 atom stereocenters. The second-order valence-electron chi connectivity index (χ2n) is 7.50. The summed E-state index contributed by atoms with van der Waals surface area (Å²) in [6.07, 6.45) is 0.780. The van der Waals surface area contributed by atoms with Crippen molar-refractivity contribution in [1.29, 1.82) is 0 Å². The third kappa shape index (κ3) is 7.13. The lowest BCUT2D eigenvalue weighted by Gasteiger charge is -2.19. The van der Waals surface area contributed by atoms with Gasteiger partial charge >= 0.3 is 6.03 Å². The first-order valence-corrected chi connectivity index (χ1v) is 9.30. The fourth-order valence-electron chi connectivity index (χ4n) is 2.60. The summed E-state index contributed by atoms with van der Waals surface area (Å²) >= 11 is 0. The highest BCUT2D eigenvalue weighted by atomic mass is 16.2. The van der Waals surface area contributed by atoms with E-state index < -0.39 is 0 Å². The number of urea groups is 1. The second kappa shape index (κ2) is 9.76. The van der Waals surface area contributed by atoms with E-state index in [1.54, 1.807) is 12.1 Å². The van der Waals surface area contributed by atoms with Gasteiger partial charge in [-0.3, -0.25) is 4.79 Å². The molecule has 5 heteroatoms. The van der Waals surface area contributed by atoms with Crippen LogP contribution in [0.15, 0.2) is 54.6 Å². The van der Waals surface area contributed by atoms with Crippen LogP contribution in [0.4, 0.5) is 4.79 Å². The smallest absolute Gasteiger partial charge is 0.314 e. The van der Waals surface area contributed by atoms with Crippen molar-refractivity contribution in [3.8, 4) is 0 Å². The average molecular weight is 367 g/mol. The van der Waals surface area contributed by atoms with Crippen molar-refractivity contribution in [2.45, 2.75) is 32.6 Å². The summed E-state index contributed by atoms with van der Waals surface area (Å²) in [5.41, 5.74) is 3.25. The molecule has 0 aliphatic rings. The summed E-state index contributed by atoms with van der Waals surface area (Å²) in [4.78, 5) is 23.7. The molecule has 3 N–H and O–H groups in total. The van der Waals surface area contributed by atoms with Crippen LogP contribution >= 0.6 is 0 Å². The number of nitrogens with one attached hydrogen (secondary N) is 3. The Kier molecular flexibility index (Phi) is 7.41. The van der Waals surface area contributed by atoms with Crippen molar-refractivity contribution in [3.05, 3.63) is 71.3 Å². The minimum absolute atomic E-state index is 0.142. The van der Waals surface area contributed by atoms with Crippen molar-refractivity contribution >= 4 is 11.9 Å². The van der Waals surface area contributed by atoms with E-state index in [-0.39, 0.29) is 17.4 Å². The normalized spacial score (nSPS) is 10.9. The highest BCUT2D eigenvalue weighted by Crippen LogP contribution is 2.22. The summed E-state index contributed by atoms with van der Waals surface area (Å²) in [5, 5.41) is 8.35. The monoisotopic (exact) mass is 367 g/mol. The Bertz CT molecular complexity index is 734. The molecule has 0 spiro atoms. The number of carbonyl (C=O) groups is 2. The molecule has 5 nitrogen and oxygen atoms in total. The van der Waals surface area contributed by atoms with Crippen LogP contribution in [0.3, 0.4) is 0 Å². The zero-order chi connectivity index (χ0) is 19.7. The molecule has 144 valence electrons. The standard InChI is InChI=1S/C22H29N3O2/c1-22(2,3)19-11-9-17(10-12-19)13-14-24-21(27)25-16-15-23-20(26)18-7-5-4-6-8-18/h4-12H,13-16H2,1-3H3,(H,23,26)(H2,24,25,27). The van der Waals surface area contributed by atoms with E-state index in [2.05, 4.69) is 61.0 Å².